The zero-order valence-electron chi connectivity index (χ0n) is 11.0. The third-order valence-corrected chi connectivity index (χ3v) is 2.82. The highest BCUT2D eigenvalue weighted by molar-refractivity contribution is 6.28. The molecule has 18 heavy (non-hydrogen) atoms. The Labute approximate surface area is 111 Å². The van der Waals surface area contributed by atoms with E-state index in [0.29, 0.717) is 23.7 Å². The topological polar surface area (TPSA) is 92.9 Å². The fourth-order valence-corrected chi connectivity index (χ4v) is 1.62. The van der Waals surface area contributed by atoms with Gasteiger partial charge >= 0.3 is 0 Å². The molecule has 6 nitrogen and oxygen atoms in total. The van der Waals surface area contributed by atoms with Crippen molar-refractivity contribution in [3.8, 4) is 0 Å². The van der Waals surface area contributed by atoms with Gasteiger partial charge in [0.25, 0.3) is 0 Å². The first-order valence-electron chi connectivity index (χ1n) is 5.53. The molecule has 0 spiro atoms. The lowest BCUT2D eigenvalue weighted by molar-refractivity contribution is -0.128. The van der Waals surface area contributed by atoms with Crippen molar-refractivity contribution in [3.63, 3.8) is 0 Å². The van der Waals surface area contributed by atoms with Crippen molar-refractivity contribution in [2.24, 2.45) is 5.41 Å². The highest BCUT2D eigenvalue weighted by Crippen LogP contribution is 2.23. The first-order chi connectivity index (χ1) is 8.27. The Balaban J connectivity index is 2.84. The van der Waals surface area contributed by atoms with Gasteiger partial charge in [-0.15, -0.1) is 0 Å². The molecule has 0 saturated heterocycles. The second kappa shape index (κ2) is 5.39. The van der Waals surface area contributed by atoms with E-state index in [1.54, 1.807) is 14.0 Å². The Morgan fingerprint density at radius 1 is 1.44 bits per heavy atom. The molecule has 0 fully saturated rings. The van der Waals surface area contributed by atoms with Gasteiger partial charge in [-0.25, -0.2) is 4.98 Å². The normalized spacial score (nSPS) is 11.2. The van der Waals surface area contributed by atoms with E-state index in [1.165, 1.54) is 0 Å². The summed E-state index contributed by atoms with van der Waals surface area (Å²) in [5, 5.41) is 5.77. The summed E-state index contributed by atoms with van der Waals surface area (Å²) >= 11 is 5.76. The van der Waals surface area contributed by atoms with Gasteiger partial charge in [0.2, 0.25) is 11.2 Å². The summed E-state index contributed by atoms with van der Waals surface area (Å²) in [5.41, 5.74) is 6.31. The predicted octanol–water partition coefficient (Wildman–Crippen LogP) is 1.20. The van der Waals surface area contributed by atoms with Crippen LogP contribution in [-0.4, -0.2) is 29.5 Å². The molecule has 0 saturated carbocycles. The van der Waals surface area contributed by atoms with E-state index in [1.807, 2.05) is 13.8 Å². The molecule has 0 aliphatic heterocycles. The highest BCUT2D eigenvalue weighted by atomic mass is 35.5. The van der Waals surface area contributed by atoms with Crippen LogP contribution in [0.4, 0.5) is 11.5 Å². The molecule has 1 rings (SSSR count). The molecule has 0 bridgehead atoms. The van der Waals surface area contributed by atoms with Crippen LogP contribution < -0.4 is 16.4 Å². The number of aryl methyl sites for hydroxylation is 1. The minimum atomic E-state index is -0.577. The van der Waals surface area contributed by atoms with Crippen LogP contribution in [0.2, 0.25) is 5.28 Å². The van der Waals surface area contributed by atoms with Crippen molar-refractivity contribution in [3.05, 3.63) is 11.0 Å². The largest absolute Gasteiger partial charge is 0.394 e. The molecule has 0 radical (unpaired) electrons. The molecule has 0 unspecified atom stereocenters. The Bertz CT molecular complexity index is 461. The summed E-state index contributed by atoms with van der Waals surface area (Å²) in [6, 6.07) is 0. The molecule has 100 valence electrons. The summed E-state index contributed by atoms with van der Waals surface area (Å²) in [4.78, 5) is 19.6. The van der Waals surface area contributed by atoms with E-state index in [2.05, 4.69) is 20.6 Å². The number of hydrogen-bond donors (Lipinski definition) is 3. The van der Waals surface area contributed by atoms with Crippen LogP contribution in [-0.2, 0) is 4.79 Å². The fourth-order valence-electron chi connectivity index (χ4n) is 1.41. The van der Waals surface area contributed by atoms with E-state index in [9.17, 15) is 4.79 Å². The highest BCUT2D eigenvalue weighted by Gasteiger charge is 2.26. The average Bonchev–Trinajstić information content (AvgIpc) is 2.30. The van der Waals surface area contributed by atoms with Crippen LogP contribution in [0.5, 0.6) is 0 Å². The monoisotopic (exact) mass is 271 g/mol. The third-order valence-electron chi connectivity index (χ3n) is 2.65. The lowest BCUT2D eigenvalue weighted by Gasteiger charge is -2.23. The summed E-state index contributed by atoms with van der Waals surface area (Å²) < 4.78 is 0. The van der Waals surface area contributed by atoms with E-state index in [-0.39, 0.29) is 11.2 Å². The van der Waals surface area contributed by atoms with Crippen molar-refractivity contribution in [1.82, 2.24) is 15.3 Å². The maximum Gasteiger partial charge on any atom is 0.227 e. The van der Waals surface area contributed by atoms with E-state index >= 15 is 0 Å². The SMILES string of the molecule is CNC(=O)C(C)(C)CNc1nc(Cl)nc(C)c1N. The minimum Gasteiger partial charge on any atom is -0.394 e. The molecule has 0 aliphatic rings. The van der Waals surface area contributed by atoms with Crippen molar-refractivity contribution in [2.45, 2.75) is 20.8 Å². The number of halogens is 1. The van der Waals surface area contributed by atoms with Crippen molar-refractivity contribution in [2.75, 3.05) is 24.6 Å². The summed E-state index contributed by atoms with van der Waals surface area (Å²) in [7, 11) is 1.60. The van der Waals surface area contributed by atoms with Gasteiger partial charge < -0.3 is 16.4 Å². The van der Waals surface area contributed by atoms with Crippen molar-refractivity contribution < 1.29 is 4.79 Å². The first kappa shape index (κ1) is 14.5. The van der Waals surface area contributed by atoms with Gasteiger partial charge in [0.1, 0.15) is 0 Å². The van der Waals surface area contributed by atoms with Gasteiger partial charge in [-0.05, 0) is 32.4 Å². The number of rotatable bonds is 4. The zero-order chi connectivity index (χ0) is 13.9. The van der Waals surface area contributed by atoms with Crippen LogP contribution >= 0.6 is 11.6 Å². The van der Waals surface area contributed by atoms with Crippen molar-refractivity contribution in [1.29, 1.82) is 0 Å². The van der Waals surface area contributed by atoms with Crippen molar-refractivity contribution >= 4 is 29.0 Å². The van der Waals surface area contributed by atoms with Gasteiger partial charge in [-0.1, -0.05) is 0 Å². The van der Waals surface area contributed by atoms with E-state index in [4.69, 9.17) is 17.3 Å². The molecule has 1 aromatic rings. The number of carbonyl (C=O) groups excluding carboxylic acids is 1. The Kier molecular flexibility index (Phi) is 4.34. The predicted molar refractivity (Wildman–Crippen MR) is 72.5 cm³/mol. The number of nitrogens with zero attached hydrogens (tertiary/aromatic N) is 2. The maximum absolute atomic E-state index is 11.6. The number of anilines is 2. The molecule has 0 aromatic carbocycles. The fraction of sp³-hybridized carbons (Fsp3) is 0.545. The zero-order valence-corrected chi connectivity index (χ0v) is 11.7. The quantitative estimate of drug-likeness (QED) is 0.716. The van der Waals surface area contributed by atoms with Crippen LogP contribution in [0.15, 0.2) is 0 Å². The minimum absolute atomic E-state index is 0.0644. The number of aromatic nitrogens is 2. The molecule has 4 N–H and O–H groups in total. The summed E-state index contributed by atoms with van der Waals surface area (Å²) in [6.07, 6.45) is 0. The molecule has 1 heterocycles. The molecule has 7 heteroatoms. The molecule has 0 atom stereocenters. The standard InChI is InChI=1S/C11H18ClN5O/c1-6-7(13)8(17-10(12)16-6)15-5-11(2,3)9(18)14-4/h5,13H2,1-4H3,(H,14,18)(H,15,16,17). The number of nitrogens with one attached hydrogen (secondary N) is 2. The van der Waals surface area contributed by atoms with Gasteiger partial charge in [0.15, 0.2) is 5.82 Å². The smallest absolute Gasteiger partial charge is 0.227 e. The van der Waals surface area contributed by atoms with Crippen LogP contribution in [0.3, 0.4) is 0 Å². The van der Waals surface area contributed by atoms with Gasteiger partial charge in [-0.2, -0.15) is 4.98 Å². The van der Waals surface area contributed by atoms with Gasteiger partial charge in [0, 0.05) is 13.6 Å². The Morgan fingerprint density at radius 2 is 2.06 bits per heavy atom. The molecular formula is C11H18ClN5O. The number of nitrogen functional groups attached to an aromatic ring is 1. The lowest BCUT2D eigenvalue weighted by Crippen LogP contribution is -2.39. The number of amides is 1. The van der Waals surface area contributed by atoms with Crippen LogP contribution in [0, 0.1) is 12.3 Å². The third kappa shape index (κ3) is 3.22. The number of nitrogens with two attached hydrogens (primary N) is 1. The molecule has 0 aliphatic carbocycles. The van der Waals surface area contributed by atoms with E-state index < -0.39 is 5.41 Å². The lowest BCUT2D eigenvalue weighted by atomic mass is 9.92. The molecular weight excluding hydrogens is 254 g/mol. The second-order valence-corrected chi connectivity index (χ2v) is 4.99. The van der Waals surface area contributed by atoms with E-state index in [0.717, 1.165) is 0 Å². The Hall–Kier alpha value is -1.56. The Morgan fingerprint density at radius 3 is 2.61 bits per heavy atom. The number of hydrogen-bond acceptors (Lipinski definition) is 5. The van der Waals surface area contributed by atoms with Crippen LogP contribution in [0.1, 0.15) is 19.5 Å². The van der Waals surface area contributed by atoms with Gasteiger partial charge in [-0.3, -0.25) is 4.79 Å². The summed E-state index contributed by atoms with van der Waals surface area (Å²) in [6.45, 7) is 5.79. The van der Waals surface area contributed by atoms with Crippen LogP contribution in [0.25, 0.3) is 0 Å². The van der Waals surface area contributed by atoms with Gasteiger partial charge in [0.05, 0.1) is 16.8 Å². The second-order valence-electron chi connectivity index (χ2n) is 4.66. The molecule has 1 aromatic heterocycles. The number of carbonyl (C=O) groups is 1. The molecule has 1 amide bonds. The average molecular weight is 272 g/mol. The first-order valence-corrected chi connectivity index (χ1v) is 5.91. The summed E-state index contributed by atoms with van der Waals surface area (Å²) in [5.74, 6) is 0.384. The maximum atomic E-state index is 11.6.